The first-order chi connectivity index (χ1) is 10.1. The van der Waals surface area contributed by atoms with Crippen LogP contribution >= 0.6 is 0 Å². The molecule has 0 unspecified atom stereocenters. The first kappa shape index (κ1) is 14.9. The minimum Gasteiger partial charge on any atom is -0.484 e. The van der Waals surface area contributed by atoms with E-state index in [1.54, 1.807) is 24.3 Å². The van der Waals surface area contributed by atoms with Crippen LogP contribution in [0.4, 0.5) is 14.5 Å². The molecule has 110 valence electrons. The summed E-state index contributed by atoms with van der Waals surface area (Å²) in [5, 5.41) is 2.14. The monoisotopic (exact) mass is 292 g/mol. The van der Waals surface area contributed by atoms with Gasteiger partial charge in [0.1, 0.15) is 23.1 Å². The molecule has 3 N–H and O–H groups in total. The molecule has 2 aromatic rings. The van der Waals surface area contributed by atoms with Crippen molar-refractivity contribution < 1.29 is 18.3 Å². The van der Waals surface area contributed by atoms with Crippen molar-refractivity contribution in [1.82, 2.24) is 0 Å². The summed E-state index contributed by atoms with van der Waals surface area (Å²) in [6.07, 6.45) is 0. The van der Waals surface area contributed by atoms with Crippen LogP contribution < -0.4 is 15.8 Å². The van der Waals surface area contributed by atoms with Crippen molar-refractivity contribution in [3.63, 3.8) is 0 Å². The van der Waals surface area contributed by atoms with Crippen molar-refractivity contribution in [2.24, 2.45) is 5.73 Å². The summed E-state index contributed by atoms with van der Waals surface area (Å²) in [6, 6.07) is 10.2. The number of nitrogens with one attached hydrogen (secondary N) is 1. The molecule has 0 saturated heterocycles. The molecule has 0 fully saturated rings. The summed E-state index contributed by atoms with van der Waals surface area (Å²) in [5.74, 6) is -1.86. The first-order valence-corrected chi connectivity index (χ1v) is 6.26. The van der Waals surface area contributed by atoms with Crippen LogP contribution in [0.5, 0.6) is 5.75 Å². The highest BCUT2D eigenvalue weighted by molar-refractivity contribution is 5.92. The van der Waals surface area contributed by atoms with E-state index in [4.69, 9.17) is 10.5 Å². The predicted octanol–water partition coefficient (Wildman–Crippen LogP) is 2.44. The topological polar surface area (TPSA) is 64.3 Å². The van der Waals surface area contributed by atoms with Gasteiger partial charge in [0.2, 0.25) is 0 Å². The fraction of sp³-hybridized carbons (Fsp3) is 0.133. The van der Waals surface area contributed by atoms with E-state index >= 15 is 0 Å². The van der Waals surface area contributed by atoms with Gasteiger partial charge in [-0.2, -0.15) is 0 Å². The number of hydrogen-bond acceptors (Lipinski definition) is 3. The Morgan fingerprint density at radius 1 is 1.10 bits per heavy atom. The molecule has 0 aliphatic carbocycles. The maximum absolute atomic E-state index is 13.4. The van der Waals surface area contributed by atoms with E-state index in [-0.39, 0.29) is 6.61 Å². The van der Waals surface area contributed by atoms with Crippen molar-refractivity contribution >= 4 is 11.6 Å². The van der Waals surface area contributed by atoms with Gasteiger partial charge in [-0.15, -0.1) is 0 Å². The highest BCUT2D eigenvalue weighted by Gasteiger charge is 2.12. The molecule has 4 nitrogen and oxygen atoms in total. The summed E-state index contributed by atoms with van der Waals surface area (Å²) < 4.78 is 31.9. The average Bonchev–Trinajstić information content (AvgIpc) is 2.49. The van der Waals surface area contributed by atoms with Crippen LogP contribution in [-0.2, 0) is 11.3 Å². The molecule has 2 aromatic carbocycles. The standard InChI is InChI=1S/C15H14F2N2O2/c16-12-2-1-3-13(17)15(12)19-14(20)9-21-11-6-4-10(8-18)5-7-11/h1-7H,8-9,18H2,(H,19,20). The first-order valence-electron chi connectivity index (χ1n) is 6.26. The highest BCUT2D eigenvalue weighted by atomic mass is 19.1. The molecule has 6 heteroatoms. The molecule has 1 amide bonds. The lowest BCUT2D eigenvalue weighted by molar-refractivity contribution is -0.118. The number of nitrogens with two attached hydrogens (primary N) is 1. The number of ether oxygens (including phenoxy) is 1. The van der Waals surface area contributed by atoms with Gasteiger partial charge in [0.15, 0.2) is 6.61 Å². The molecular weight excluding hydrogens is 278 g/mol. The smallest absolute Gasteiger partial charge is 0.262 e. The van der Waals surface area contributed by atoms with E-state index in [1.165, 1.54) is 6.07 Å². The number of rotatable bonds is 5. The molecule has 0 aromatic heterocycles. The van der Waals surface area contributed by atoms with Crippen molar-refractivity contribution in [3.05, 3.63) is 59.7 Å². The number of carbonyl (C=O) groups excluding carboxylic acids is 1. The highest BCUT2D eigenvalue weighted by Crippen LogP contribution is 2.18. The summed E-state index contributed by atoms with van der Waals surface area (Å²) >= 11 is 0. The Morgan fingerprint density at radius 3 is 2.29 bits per heavy atom. The van der Waals surface area contributed by atoms with Gasteiger partial charge < -0.3 is 15.8 Å². The Balaban J connectivity index is 1.92. The maximum Gasteiger partial charge on any atom is 0.262 e. The third kappa shape index (κ3) is 4.00. The van der Waals surface area contributed by atoms with Gasteiger partial charge in [0.05, 0.1) is 0 Å². The van der Waals surface area contributed by atoms with E-state index < -0.39 is 23.2 Å². The third-order valence-electron chi connectivity index (χ3n) is 2.76. The molecule has 21 heavy (non-hydrogen) atoms. The second-order valence-electron chi connectivity index (χ2n) is 4.28. The molecule has 0 aliphatic rings. The fourth-order valence-electron chi connectivity index (χ4n) is 1.66. The molecule has 2 rings (SSSR count). The third-order valence-corrected chi connectivity index (χ3v) is 2.76. The minimum atomic E-state index is -0.837. The zero-order valence-corrected chi connectivity index (χ0v) is 11.1. The Labute approximate surface area is 120 Å². The number of carbonyl (C=O) groups is 1. The lowest BCUT2D eigenvalue weighted by atomic mass is 10.2. The van der Waals surface area contributed by atoms with Crippen LogP contribution in [0, 0.1) is 11.6 Å². The molecule has 0 spiro atoms. The van der Waals surface area contributed by atoms with E-state index in [1.807, 2.05) is 0 Å². The second kappa shape index (κ2) is 6.81. The second-order valence-corrected chi connectivity index (χ2v) is 4.28. The Bertz CT molecular complexity index is 610. The molecule has 0 radical (unpaired) electrons. The number of halogens is 2. The van der Waals surface area contributed by atoms with Gasteiger partial charge in [-0.3, -0.25) is 4.79 Å². The summed E-state index contributed by atoms with van der Waals surface area (Å²) in [6.45, 7) is 0.0586. The Kier molecular flexibility index (Phi) is 4.84. The number of anilines is 1. The summed E-state index contributed by atoms with van der Waals surface area (Å²) in [7, 11) is 0. The van der Waals surface area contributed by atoms with E-state index in [0.717, 1.165) is 17.7 Å². The van der Waals surface area contributed by atoms with Gasteiger partial charge in [-0.05, 0) is 29.8 Å². The number of benzene rings is 2. The summed E-state index contributed by atoms with van der Waals surface area (Å²) in [5.41, 5.74) is 5.91. The van der Waals surface area contributed by atoms with Gasteiger partial charge >= 0.3 is 0 Å². The van der Waals surface area contributed by atoms with Crippen LogP contribution in [0.2, 0.25) is 0 Å². The quantitative estimate of drug-likeness (QED) is 0.889. The predicted molar refractivity (Wildman–Crippen MR) is 74.8 cm³/mol. The van der Waals surface area contributed by atoms with Crippen LogP contribution in [-0.4, -0.2) is 12.5 Å². The molecule has 0 bridgehead atoms. The molecule has 0 heterocycles. The van der Waals surface area contributed by atoms with Gasteiger partial charge in [-0.1, -0.05) is 18.2 Å². The zero-order valence-electron chi connectivity index (χ0n) is 11.1. The zero-order chi connectivity index (χ0) is 15.2. The van der Waals surface area contributed by atoms with Crippen LogP contribution in [0.1, 0.15) is 5.56 Å². The van der Waals surface area contributed by atoms with E-state index in [0.29, 0.717) is 12.3 Å². The van der Waals surface area contributed by atoms with Gasteiger partial charge in [0, 0.05) is 6.54 Å². The number of amides is 1. The number of para-hydroxylation sites is 1. The van der Waals surface area contributed by atoms with Crippen LogP contribution in [0.3, 0.4) is 0 Å². The molecule has 0 atom stereocenters. The van der Waals surface area contributed by atoms with Crippen LogP contribution in [0.15, 0.2) is 42.5 Å². The van der Waals surface area contributed by atoms with Gasteiger partial charge in [-0.25, -0.2) is 8.78 Å². The van der Waals surface area contributed by atoms with Crippen LogP contribution in [0.25, 0.3) is 0 Å². The summed E-state index contributed by atoms with van der Waals surface area (Å²) in [4.78, 5) is 11.6. The van der Waals surface area contributed by atoms with Gasteiger partial charge in [0.25, 0.3) is 5.91 Å². The molecule has 0 aliphatic heterocycles. The van der Waals surface area contributed by atoms with Crippen molar-refractivity contribution in [2.75, 3.05) is 11.9 Å². The Morgan fingerprint density at radius 2 is 1.71 bits per heavy atom. The van der Waals surface area contributed by atoms with E-state index in [9.17, 15) is 13.6 Å². The van der Waals surface area contributed by atoms with Crippen molar-refractivity contribution in [1.29, 1.82) is 0 Å². The Hall–Kier alpha value is -2.47. The fourth-order valence-corrected chi connectivity index (χ4v) is 1.66. The lowest BCUT2D eigenvalue weighted by Crippen LogP contribution is -2.21. The SMILES string of the molecule is NCc1ccc(OCC(=O)Nc2c(F)cccc2F)cc1. The lowest BCUT2D eigenvalue weighted by Gasteiger charge is -2.09. The normalized spacial score (nSPS) is 10.2. The molecular formula is C15H14F2N2O2. The molecule has 0 saturated carbocycles. The largest absolute Gasteiger partial charge is 0.484 e. The van der Waals surface area contributed by atoms with Crippen molar-refractivity contribution in [3.8, 4) is 5.75 Å². The number of hydrogen-bond donors (Lipinski definition) is 2. The maximum atomic E-state index is 13.4. The van der Waals surface area contributed by atoms with E-state index in [2.05, 4.69) is 5.32 Å². The average molecular weight is 292 g/mol. The minimum absolute atomic E-state index is 0.351. The van der Waals surface area contributed by atoms with Crippen molar-refractivity contribution in [2.45, 2.75) is 6.54 Å².